The molecule has 0 radical (unpaired) electrons. The number of carboxylic acids is 1. The van der Waals surface area contributed by atoms with Gasteiger partial charge >= 0.3 is 5.97 Å². The molecule has 20 heavy (non-hydrogen) atoms. The quantitative estimate of drug-likeness (QED) is 0.897. The Balaban J connectivity index is 2.81. The third kappa shape index (κ3) is 1.99. The van der Waals surface area contributed by atoms with Crippen LogP contribution in [0.25, 0.3) is 11.0 Å². The van der Waals surface area contributed by atoms with Gasteiger partial charge in [-0.15, -0.1) is 0 Å². The van der Waals surface area contributed by atoms with Crippen LogP contribution < -0.4 is 0 Å². The van der Waals surface area contributed by atoms with E-state index in [2.05, 4.69) is 30.3 Å². The lowest BCUT2D eigenvalue weighted by atomic mass is 9.89. The number of aromatic carboxylic acids is 1. The maximum absolute atomic E-state index is 11.3. The van der Waals surface area contributed by atoms with Crippen LogP contribution in [0.2, 0.25) is 0 Å². The van der Waals surface area contributed by atoms with E-state index in [9.17, 15) is 9.90 Å². The molecule has 0 unspecified atom stereocenters. The number of nitrogens with zero attached hydrogens (tertiary/aromatic N) is 2. The molecule has 1 heterocycles. The molecule has 0 aliphatic rings. The highest BCUT2D eigenvalue weighted by atomic mass is 16.4. The number of aromatic nitrogens is 2. The Kier molecular flexibility index (Phi) is 3.84. The van der Waals surface area contributed by atoms with Gasteiger partial charge in [-0.2, -0.15) is 0 Å². The molecule has 4 nitrogen and oxygen atoms in total. The van der Waals surface area contributed by atoms with E-state index >= 15 is 0 Å². The maximum Gasteiger partial charge on any atom is 0.337 e. The van der Waals surface area contributed by atoms with Crippen LogP contribution in [-0.2, 0) is 5.54 Å². The van der Waals surface area contributed by atoms with Crippen LogP contribution in [0.4, 0.5) is 0 Å². The molecule has 2 rings (SSSR count). The third-order valence-corrected chi connectivity index (χ3v) is 4.53. The van der Waals surface area contributed by atoms with Crippen molar-refractivity contribution in [2.75, 3.05) is 0 Å². The first-order valence-electron chi connectivity index (χ1n) is 7.22. The number of rotatable bonds is 5. The first kappa shape index (κ1) is 14.6. The summed E-state index contributed by atoms with van der Waals surface area (Å²) in [6.07, 6.45) is 3.01. The Morgan fingerprint density at radius 1 is 1.25 bits per heavy atom. The van der Waals surface area contributed by atoms with Crippen molar-refractivity contribution >= 4 is 17.0 Å². The first-order valence-corrected chi connectivity index (χ1v) is 7.22. The number of hydrogen-bond acceptors (Lipinski definition) is 2. The molecule has 0 aliphatic carbocycles. The van der Waals surface area contributed by atoms with Crippen molar-refractivity contribution in [2.45, 2.75) is 52.5 Å². The molecule has 1 N–H and O–H groups in total. The molecule has 0 aliphatic heterocycles. The van der Waals surface area contributed by atoms with Crippen molar-refractivity contribution in [3.63, 3.8) is 0 Å². The van der Waals surface area contributed by atoms with Crippen LogP contribution in [-0.4, -0.2) is 20.6 Å². The van der Waals surface area contributed by atoms with Crippen LogP contribution in [0.5, 0.6) is 0 Å². The molecule has 0 bridgehead atoms. The Morgan fingerprint density at radius 2 is 1.85 bits per heavy atom. The minimum absolute atomic E-state index is 0.00988. The van der Waals surface area contributed by atoms with E-state index in [1.54, 1.807) is 12.1 Å². The lowest BCUT2D eigenvalue weighted by Crippen LogP contribution is -2.32. The minimum atomic E-state index is -0.921. The fourth-order valence-corrected chi connectivity index (χ4v) is 3.21. The van der Waals surface area contributed by atoms with Crippen LogP contribution in [0.3, 0.4) is 0 Å². The summed E-state index contributed by atoms with van der Waals surface area (Å²) in [6.45, 7) is 8.50. The average molecular weight is 274 g/mol. The maximum atomic E-state index is 11.3. The average Bonchev–Trinajstić information content (AvgIpc) is 2.78. The second kappa shape index (κ2) is 5.27. The van der Waals surface area contributed by atoms with Crippen molar-refractivity contribution in [3.8, 4) is 0 Å². The summed E-state index contributed by atoms with van der Waals surface area (Å²) in [7, 11) is 0. The molecule has 1 aromatic heterocycles. The van der Waals surface area contributed by atoms with Crippen LogP contribution in [0.1, 0.15) is 56.2 Å². The lowest BCUT2D eigenvalue weighted by molar-refractivity contribution is 0.0699. The van der Waals surface area contributed by atoms with Crippen molar-refractivity contribution in [1.29, 1.82) is 0 Å². The molecule has 0 amide bonds. The van der Waals surface area contributed by atoms with E-state index in [4.69, 9.17) is 0 Å². The lowest BCUT2D eigenvalue weighted by Gasteiger charge is -2.34. The van der Waals surface area contributed by atoms with Crippen molar-refractivity contribution < 1.29 is 9.90 Å². The van der Waals surface area contributed by atoms with Crippen molar-refractivity contribution in [3.05, 3.63) is 29.6 Å². The summed E-state index contributed by atoms with van der Waals surface area (Å²) < 4.78 is 2.23. The molecule has 4 heteroatoms. The van der Waals surface area contributed by atoms with Gasteiger partial charge in [0.1, 0.15) is 11.3 Å². The van der Waals surface area contributed by atoms with Crippen molar-refractivity contribution in [2.24, 2.45) is 0 Å². The Hall–Kier alpha value is -1.84. The second-order valence-corrected chi connectivity index (χ2v) is 5.26. The standard InChI is InChI=1S/C16H22N2O2/c1-5-16(6-2,7-3)18-11(4)17-14-12(15(19)20)9-8-10-13(14)18/h8-10H,5-7H2,1-4H3,(H,19,20). The van der Waals surface area contributed by atoms with Gasteiger partial charge in [0.25, 0.3) is 0 Å². The second-order valence-electron chi connectivity index (χ2n) is 5.26. The van der Waals surface area contributed by atoms with E-state index in [0.717, 1.165) is 30.6 Å². The molecule has 2 aromatic rings. The molecule has 0 saturated heterocycles. The minimum Gasteiger partial charge on any atom is -0.478 e. The van der Waals surface area contributed by atoms with E-state index in [0.29, 0.717) is 5.52 Å². The van der Waals surface area contributed by atoms with Gasteiger partial charge in [-0.3, -0.25) is 0 Å². The molecular weight excluding hydrogens is 252 g/mol. The van der Waals surface area contributed by atoms with Gasteiger partial charge in [0, 0.05) is 5.54 Å². The van der Waals surface area contributed by atoms with Gasteiger partial charge in [-0.1, -0.05) is 26.8 Å². The predicted octanol–water partition coefficient (Wildman–Crippen LogP) is 3.97. The van der Waals surface area contributed by atoms with Gasteiger partial charge in [-0.05, 0) is 38.3 Å². The van der Waals surface area contributed by atoms with Gasteiger partial charge in [-0.25, -0.2) is 9.78 Å². The van der Waals surface area contributed by atoms with Crippen LogP contribution in [0, 0.1) is 6.92 Å². The monoisotopic (exact) mass is 274 g/mol. The number of carbonyl (C=O) groups is 1. The molecule has 0 fully saturated rings. The van der Waals surface area contributed by atoms with E-state index in [1.165, 1.54) is 0 Å². The Labute approximate surface area is 119 Å². The number of benzene rings is 1. The zero-order valence-corrected chi connectivity index (χ0v) is 12.6. The summed E-state index contributed by atoms with van der Waals surface area (Å²) in [5, 5.41) is 9.31. The molecule has 108 valence electrons. The Morgan fingerprint density at radius 3 is 2.35 bits per heavy atom. The van der Waals surface area contributed by atoms with Gasteiger partial charge in [0.05, 0.1) is 11.1 Å². The summed E-state index contributed by atoms with van der Waals surface area (Å²) in [5.74, 6) is -0.0328. The van der Waals surface area contributed by atoms with E-state index in [-0.39, 0.29) is 11.1 Å². The predicted molar refractivity (Wildman–Crippen MR) is 80.3 cm³/mol. The zero-order valence-electron chi connectivity index (χ0n) is 12.6. The molecule has 0 saturated carbocycles. The SMILES string of the molecule is CCC(CC)(CC)n1c(C)nc2c(C(=O)O)cccc21. The van der Waals surface area contributed by atoms with Gasteiger partial charge in [0.15, 0.2) is 0 Å². The topological polar surface area (TPSA) is 55.1 Å². The number of fused-ring (bicyclic) bond motifs is 1. The zero-order chi connectivity index (χ0) is 14.9. The number of aryl methyl sites for hydroxylation is 1. The summed E-state index contributed by atoms with van der Waals surface area (Å²) >= 11 is 0. The van der Waals surface area contributed by atoms with Crippen molar-refractivity contribution in [1.82, 2.24) is 9.55 Å². The smallest absolute Gasteiger partial charge is 0.337 e. The van der Waals surface area contributed by atoms with Crippen LogP contribution >= 0.6 is 0 Å². The van der Waals surface area contributed by atoms with Gasteiger partial charge < -0.3 is 9.67 Å². The highest BCUT2D eigenvalue weighted by Crippen LogP contribution is 2.34. The summed E-state index contributed by atoms with van der Waals surface area (Å²) in [4.78, 5) is 15.9. The van der Waals surface area contributed by atoms with E-state index < -0.39 is 5.97 Å². The first-order chi connectivity index (χ1) is 9.50. The summed E-state index contributed by atoms with van der Waals surface area (Å²) in [6, 6.07) is 5.39. The largest absolute Gasteiger partial charge is 0.478 e. The summed E-state index contributed by atoms with van der Waals surface area (Å²) in [5.41, 5.74) is 1.81. The number of hydrogen-bond donors (Lipinski definition) is 1. The Bertz CT molecular complexity index is 631. The normalized spacial score (nSPS) is 12.0. The van der Waals surface area contributed by atoms with Crippen LogP contribution in [0.15, 0.2) is 18.2 Å². The van der Waals surface area contributed by atoms with E-state index in [1.807, 2.05) is 13.0 Å². The fourth-order valence-electron chi connectivity index (χ4n) is 3.21. The highest BCUT2D eigenvalue weighted by molar-refractivity contribution is 6.01. The number of carboxylic acid groups (broad SMARTS) is 1. The number of imidazole rings is 1. The number of para-hydroxylation sites is 1. The molecular formula is C16H22N2O2. The molecule has 0 spiro atoms. The highest BCUT2D eigenvalue weighted by Gasteiger charge is 2.30. The third-order valence-electron chi connectivity index (χ3n) is 4.53. The molecule has 1 aromatic carbocycles. The molecule has 0 atom stereocenters. The van der Waals surface area contributed by atoms with Gasteiger partial charge in [0.2, 0.25) is 0 Å². The fraction of sp³-hybridized carbons (Fsp3) is 0.500.